The molecule has 1 saturated heterocycles. The largest absolute Gasteiger partial charge is 0.495 e. The molecule has 0 atom stereocenters. The highest BCUT2D eigenvalue weighted by Crippen LogP contribution is 2.36. The number of H-pyrrole nitrogens is 1. The molecule has 19 heavy (non-hydrogen) atoms. The van der Waals surface area contributed by atoms with E-state index in [0.29, 0.717) is 11.0 Å². The Balaban J connectivity index is 2.43. The number of pyridine rings is 1. The Morgan fingerprint density at radius 3 is 2.42 bits per heavy atom. The summed E-state index contributed by atoms with van der Waals surface area (Å²) in [5, 5.41) is 0. The van der Waals surface area contributed by atoms with Crippen LogP contribution in [0, 0.1) is 12.3 Å². The minimum atomic E-state index is -0.560. The predicted molar refractivity (Wildman–Crippen MR) is 75.3 cm³/mol. The maximum absolute atomic E-state index is 11.8. The molecular weight excluding hydrogens is 241 g/mol. The zero-order valence-corrected chi connectivity index (χ0v) is 11.7. The van der Waals surface area contributed by atoms with E-state index in [4.69, 9.17) is 15.7 Å². The van der Waals surface area contributed by atoms with E-state index >= 15 is 0 Å². The molecule has 0 aliphatic carbocycles. The van der Waals surface area contributed by atoms with Gasteiger partial charge in [-0.1, -0.05) is 0 Å². The number of hydrogen-bond donors (Lipinski definition) is 1. The lowest BCUT2D eigenvalue weighted by Gasteiger charge is -2.32. The van der Waals surface area contributed by atoms with Crippen molar-refractivity contribution in [1.29, 1.82) is 0 Å². The van der Waals surface area contributed by atoms with Gasteiger partial charge in [-0.25, -0.2) is 0 Å². The van der Waals surface area contributed by atoms with Crippen LogP contribution < -0.4 is 11.0 Å². The van der Waals surface area contributed by atoms with Crippen molar-refractivity contribution in [2.75, 3.05) is 0 Å². The van der Waals surface area contributed by atoms with Crippen LogP contribution in [0.3, 0.4) is 0 Å². The molecule has 1 aliphatic rings. The van der Waals surface area contributed by atoms with Crippen molar-refractivity contribution in [2.24, 2.45) is 0 Å². The number of rotatable bonds is 2. The van der Waals surface area contributed by atoms with Gasteiger partial charge in [-0.05, 0) is 39.2 Å². The molecule has 1 aromatic heterocycles. The first-order chi connectivity index (χ1) is 8.78. The molecule has 0 saturated carbocycles. The molecule has 1 fully saturated rings. The van der Waals surface area contributed by atoms with Crippen molar-refractivity contribution in [1.82, 2.24) is 4.98 Å². The predicted octanol–water partition coefficient (Wildman–Crippen LogP) is 0.850. The molecule has 0 aromatic carbocycles. The van der Waals surface area contributed by atoms with Crippen LogP contribution in [0.5, 0.6) is 0 Å². The van der Waals surface area contributed by atoms with Crippen LogP contribution in [-0.2, 0) is 15.7 Å². The number of hydrogen-bond acceptors (Lipinski definition) is 3. The second kappa shape index (κ2) is 4.55. The van der Waals surface area contributed by atoms with Crippen molar-refractivity contribution in [3.63, 3.8) is 0 Å². The smallest absolute Gasteiger partial charge is 0.399 e. The van der Waals surface area contributed by atoms with Crippen LogP contribution in [0.2, 0.25) is 0 Å². The van der Waals surface area contributed by atoms with Gasteiger partial charge in [0.2, 0.25) is 0 Å². The second-order valence-corrected chi connectivity index (χ2v) is 5.71. The monoisotopic (exact) mass is 259 g/mol. The highest BCUT2D eigenvalue weighted by Gasteiger charge is 2.52. The van der Waals surface area contributed by atoms with E-state index in [1.54, 1.807) is 12.3 Å². The molecule has 0 spiro atoms. The number of aromatic nitrogens is 1. The lowest BCUT2D eigenvalue weighted by Crippen LogP contribution is -2.41. The minimum Gasteiger partial charge on any atom is -0.399 e. The lowest BCUT2D eigenvalue weighted by atomic mass is 9.76. The van der Waals surface area contributed by atoms with E-state index in [0.717, 1.165) is 0 Å². The summed E-state index contributed by atoms with van der Waals surface area (Å²) in [6, 6.07) is 1.79. The van der Waals surface area contributed by atoms with Gasteiger partial charge in [-0.2, -0.15) is 0 Å². The second-order valence-electron chi connectivity index (χ2n) is 5.71. The Bertz CT molecular complexity index is 567. The first-order valence-electron chi connectivity index (χ1n) is 6.28. The maximum Gasteiger partial charge on any atom is 0.495 e. The van der Waals surface area contributed by atoms with E-state index < -0.39 is 18.3 Å². The molecule has 2 rings (SSSR count). The Kier molecular flexibility index (Phi) is 3.33. The van der Waals surface area contributed by atoms with Gasteiger partial charge in [0.25, 0.3) is 5.56 Å². The third kappa shape index (κ3) is 2.34. The van der Waals surface area contributed by atoms with E-state index in [9.17, 15) is 4.79 Å². The minimum absolute atomic E-state index is 0.190. The van der Waals surface area contributed by atoms with Crippen molar-refractivity contribution >= 4 is 12.6 Å². The number of terminal acetylenes is 1. The summed E-state index contributed by atoms with van der Waals surface area (Å²) in [5.41, 5.74) is 0.176. The van der Waals surface area contributed by atoms with Crippen LogP contribution in [0.1, 0.15) is 33.3 Å². The molecule has 1 N–H and O–H groups in total. The van der Waals surface area contributed by atoms with Gasteiger partial charge in [0.1, 0.15) is 0 Å². The topological polar surface area (TPSA) is 51.3 Å². The van der Waals surface area contributed by atoms with E-state index in [1.807, 2.05) is 27.7 Å². The molecule has 100 valence electrons. The van der Waals surface area contributed by atoms with Crippen LogP contribution in [0.25, 0.3) is 0 Å². The van der Waals surface area contributed by atoms with Crippen molar-refractivity contribution in [2.45, 2.75) is 45.3 Å². The summed E-state index contributed by atoms with van der Waals surface area (Å²) >= 11 is 0. The standard InChI is InChI=1S/C14H18BNO3/c1-6-7-10-11(8-9-16-12(10)17)15-18-13(2,3)14(4,5)19-15/h1,8-9H,7H2,2-5H3,(H,16,17). The number of nitrogens with one attached hydrogen (secondary N) is 1. The summed E-state index contributed by atoms with van der Waals surface area (Å²) in [5.74, 6) is 2.50. The fourth-order valence-electron chi connectivity index (χ4n) is 2.00. The van der Waals surface area contributed by atoms with Gasteiger partial charge < -0.3 is 14.3 Å². The third-order valence-electron chi connectivity index (χ3n) is 3.89. The molecule has 2 heterocycles. The molecule has 0 radical (unpaired) electrons. The van der Waals surface area contributed by atoms with Gasteiger partial charge in [-0.15, -0.1) is 12.3 Å². The summed E-state index contributed by atoms with van der Waals surface area (Å²) in [7, 11) is -0.560. The van der Waals surface area contributed by atoms with Crippen LogP contribution >= 0.6 is 0 Å². The molecule has 5 heteroatoms. The van der Waals surface area contributed by atoms with Crippen molar-refractivity contribution in [3.8, 4) is 12.3 Å². The zero-order valence-electron chi connectivity index (χ0n) is 11.7. The Hall–Kier alpha value is -1.51. The quantitative estimate of drug-likeness (QED) is 0.632. The zero-order chi connectivity index (χ0) is 14.3. The molecular formula is C14H18BNO3. The SMILES string of the molecule is C#CCc1c(B2OC(C)(C)C(C)(C)O2)cc[nH]c1=O. The van der Waals surface area contributed by atoms with Gasteiger partial charge in [0, 0.05) is 18.2 Å². The maximum atomic E-state index is 11.8. The Morgan fingerprint density at radius 1 is 1.32 bits per heavy atom. The first kappa shape index (κ1) is 13.9. The molecule has 1 aliphatic heterocycles. The van der Waals surface area contributed by atoms with E-state index in [1.165, 1.54) is 0 Å². The van der Waals surface area contributed by atoms with Crippen LogP contribution in [-0.4, -0.2) is 23.3 Å². The molecule has 0 bridgehead atoms. The van der Waals surface area contributed by atoms with E-state index in [-0.39, 0.29) is 12.0 Å². The van der Waals surface area contributed by atoms with E-state index in [2.05, 4.69) is 10.9 Å². The summed E-state index contributed by atoms with van der Waals surface area (Å²) in [6.45, 7) is 7.89. The normalized spacial score (nSPS) is 20.3. The molecule has 1 aromatic rings. The van der Waals surface area contributed by atoms with Crippen LogP contribution in [0.15, 0.2) is 17.1 Å². The summed E-state index contributed by atoms with van der Waals surface area (Å²) in [4.78, 5) is 14.5. The highest BCUT2D eigenvalue weighted by atomic mass is 16.7. The third-order valence-corrected chi connectivity index (χ3v) is 3.89. The fraction of sp³-hybridized carbons (Fsp3) is 0.500. The van der Waals surface area contributed by atoms with Crippen molar-refractivity contribution in [3.05, 3.63) is 28.2 Å². The summed E-state index contributed by atoms with van der Waals surface area (Å²) in [6.07, 6.45) is 7.16. The first-order valence-corrected chi connectivity index (χ1v) is 6.28. The molecule has 0 unspecified atom stereocenters. The van der Waals surface area contributed by atoms with Gasteiger partial charge in [0.05, 0.1) is 11.2 Å². The summed E-state index contributed by atoms with van der Waals surface area (Å²) < 4.78 is 11.9. The highest BCUT2D eigenvalue weighted by molar-refractivity contribution is 6.62. The van der Waals surface area contributed by atoms with Gasteiger partial charge in [0.15, 0.2) is 0 Å². The lowest BCUT2D eigenvalue weighted by molar-refractivity contribution is 0.00578. The van der Waals surface area contributed by atoms with Crippen molar-refractivity contribution < 1.29 is 9.31 Å². The fourth-order valence-corrected chi connectivity index (χ4v) is 2.00. The average Bonchev–Trinajstić information content (AvgIpc) is 2.51. The average molecular weight is 259 g/mol. The van der Waals surface area contributed by atoms with Gasteiger partial charge in [-0.3, -0.25) is 4.79 Å². The Labute approximate surface area is 113 Å². The van der Waals surface area contributed by atoms with Crippen LogP contribution in [0.4, 0.5) is 0 Å². The molecule has 4 nitrogen and oxygen atoms in total. The Morgan fingerprint density at radius 2 is 1.89 bits per heavy atom. The number of aromatic amines is 1. The molecule has 0 amide bonds. The van der Waals surface area contributed by atoms with Gasteiger partial charge >= 0.3 is 7.12 Å².